The molecule has 2 atom stereocenters. The number of hydrogen-bond acceptors (Lipinski definition) is 1. The second kappa shape index (κ2) is 5.86. The molecule has 0 aromatic carbocycles. The molecule has 98 valence electrons. The Labute approximate surface area is 107 Å². The molecule has 1 heteroatoms. The SMILES string of the molecule is CC(C)=CCC=C(C)C1CC(C)(C)COC1C. The molecule has 0 aromatic heterocycles. The van der Waals surface area contributed by atoms with Gasteiger partial charge in [-0.1, -0.05) is 37.1 Å². The summed E-state index contributed by atoms with van der Waals surface area (Å²) in [5.41, 5.74) is 3.20. The van der Waals surface area contributed by atoms with E-state index >= 15 is 0 Å². The predicted octanol–water partition coefficient (Wildman–Crippen LogP) is 4.74. The van der Waals surface area contributed by atoms with Gasteiger partial charge in [0.1, 0.15) is 0 Å². The van der Waals surface area contributed by atoms with Crippen LogP contribution >= 0.6 is 0 Å². The Morgan fingerprint density at radius 2 is 1.88 bits per heavy atom. The molecule has 0 aliphatic carbocycles. The van der Waals surface area contributed by atoms with E-state index in [-0.39, 0.29) is 0 Å². The maximum Gasteiger partial charge on any atom is 0.0612 e. The fourth-order valence-electron chi connectivity index (χ4n) is 2.46. The van der Waals surface area contributed by atoms with Gasteiger partial charge in [-0.3, -0.25) is 0 Å². The van der Waals surface area contributed by atoms with Gasteiger partial charge < -0.3 is 4.74 Å². The van der Waals surface area contributed by atoms with Crippen LogP contribution < -0.4 is 0 Å². The molecule has 1 saturated heterocycles. The molecule has 1 heterocycles. The van der Waals surface area contributed by atoms with Crippen LogP contribution in [0.5, 0.6) is 0 Å². The Bertz CT molecular complexity index is 305. The van der Waals surface area contributed by atoms with Crippen LogP contribution in [0, 0.1) is 11.3 Å². The van der Waals surface area contributed by atoms with Crippen LogP contribution in [0.4, 0.5) is 0 Å². The largest absolute Gasteiger partial charge is 0.377 e. The van der Waals surface area contributed by atoms with E-state index in [2.05, 4.69) is 53.7 Å². The molecule has 0 aromatic rings. The molecule has 1 fully saturated rings. The van der Waals surface area contributed by atoms with Crippen molar-refractivity contribution in [3.8, 4) is 0 Å². The third kappa shape index (κ3) is 4.67. The number of hydrogen-bond donors (Lipinski definition) is 0. The van der Waals surface area contributed by atoms with Crippen molar-refractivity contribution < 1.29 is 4.74 Å². The average molecular weight is 236 g/mol. The van der Waals surface area contributed by atoms with Gasteiger partial charge in [-0.2, -0.15) is 0 Å². The third-order valence-corrected chi connectivity index (χ3v) is 3.63. The lowest BCUT2D eigenvalue weighted by molar-refractivity contribution is -0.0666. The second-order valence-corrected chi connectivity index (χ2v) is 6.46. The highest BCUT2D eigenvalue weighted by Gasteiger charge is 2.33. The summed E-state index contributed by atoms with van der Waals surface area (Å²) < 4.78 is 5.90. The van der Waals surface area contributed by atoms with Crippen LogP contribution in [0.3, 0.4) is 0 Å². The first-order chi connectivity index (χ1) is 7.82. The molecule has 1 rings (SSSR count). The first-order valence-corrected chi connectivity index (χ1v) is 6.73. The van der Waals surface area contributed by atoms with Gasteiger partial charge in [-0.15, -0.1) is 0 Å². The first-order valence-electron chi connectivity index (χ1n) is 6.73. The standard InChI is InChI=1S/C16H28O/c1-12(2)8-7-9-13(3)15-10-16(5,6)11-17-14(15)4/h8-9,14-15H,7,10-11H2,1-6H3. The quantitative estimate of drug-likeness (QED) is 0.643. The molecule has 0 spiro atoms. The van der Waals surface area contributed by atoms with E-state index in [9.17, 15) is 0 Å². The Morgan fingerprint density at radius 1 is 1.24 bits per heavy atom. The molecule has 1 nitrogen and oxygen atoms in total. The molecular formula is C16H28O. The van der Waals surface area contributed by atoms with Gasteiger partial charge >= 0.3 is 0 Å². The van der Waals surface area contributed by atoms with Crippen molar-refractivity contribution in [2.24, 2.45) is 11.3 Å². The second-order valence-electron chi connectivity index (χ2n) is 6.46. The Balaban J connectivity index is 2.66. The first kappa shape index (κ1) is 14.5. The van der Waals surface area contributed by atoms with E-state index in [0.717, 1.165) is 13.0 Å². The van der Waals surface area contributed by atoms with Gasteiger partial charge in [0.25, 0.3) is 0 Å². The van der Waals surface area contributed by atoms with Crippen LogP contribution in [0.2, 0.25) is 0 Å². The number of allylic oxidation sites excluding steroid dienone is 3. The minimum Gasteiger partial charge on any atom is -0.377 e. The van der Waals surface area contributed by atoms with Crippen molar-refractivity contribution in [2.75, 3.05) is 6.61 Å². The maximum absolute atomic E-state index is 5.90. The van der Waals surface area contributed by atoms with Gasteiger partial charge in [0, 0.05) is 5.92 Å². The van der Waals surface area contributed by atoms with E-state index in [1.807, 2.05) is 0 Å². The van der Waals surface area contributed by atoms with Gasteiger partial charge in [0.15, 0.2) is 0 Å². The van der Waals surface area contributed by atoms with Crippen LogP contribution in [0.15, 0.2) is 23.3 Å². The lowest BCUT2D eigenvalue weighted by Crippen LogP contribution is -2.37. The molecule has 0 amide bonds. The zero-order valence-electron chi connectivity index (χ0n) is 12.3. The normalized spacial score (nSPS) is 28.9. The topological polar surface area (TPSA) is 9.23 Å². The van der Waals surface area contributed by atoms with Crippen LogP contribution in [-0.4, -0.2) is 12.7 Å². The Hall–Kier alpha value is -0.560. The highest BCUT2D eigenvalue weighted by molar-refractivity contribution is 5.11. The Kier molecular flexibility index (Phi) is 5.00. The maximum atomic E-state index is 5.90. The lowest BCUT2D eigenvalue weighted by Gasteiger charge is -2.40. The molecular weight excluding hydrogens is 208 g/mol. The summed E-state index contributed by atoms with van der Waals surface area (Å²) >= 11 is 0. The molecule has 17 heavy (non-hydrogen) atoms. The van der Waals surface area contributed by atoms with Crippen molar-refractivity contribution in [1.82, 2.24) is 0 Å². The molecule has 1 aliphatic heterocycles. The van der Waals surface area contributed by atoms with Gasteiger partial charge in [-0.05, 0) is 46.0 Å². The van der Waals surface area contributed by atoms with Crippen LogP contribution in [-0.2, 0) is 4.74 Å². The van der Waals surface area contributed by atoms with E-state index in [0.29, 0.717) is 17.4 Å². The molecule has 0 bridgehead atoms. The molecule has 0 saturated carbocycles. The summed E-state index contributed by atoms with van der Waals surface area (Å²) in [6, 6.07) is 0. The minimum atomic E-state index is 0.322. The minimum absolute atomic E-state index is 0.322. The highest BCUT2D eigenvalue weighted by atomic mass is 16.5. The fraction of sp³-hybridized carbons (Fsp3) is 0.750. The van der Waals surface area contributed by atoms with Crippen molar-refractivity contribution >= 4 is 0 Å². The molecule has 1 aliphatic rings. The molecule has 2 unspecified atom stereocenters. The van der Waals surface area contributed by atoms with E-state index in [4.69, 9.17) is 4.74 Å². The van der Waals surface area contributed by atoms with Gasteiger partial charge in [0.05, 0.1) is 12.7 Å². The zero-order chi connectivity index (χ0) is 13.1. The van der Waals surface area contributed by atoms with E-state index < -0.39 is 0 Å². The summed E-state index contributed by atoms with van der Waals surface area (Å²) in [5.74, 6) is 0.587. The third-order valence-electron chi connectivity index (χ3n) is 3.63. The summed E-state index contributed by atoms with van der Waals surface area (Å²) in [6.45, 7) is 14.3. The van der Waals surface area contributed by atoms with E-state index in [1.165, 1.54) is 17.6 Å². The monoisotopic (exact) mass is 236 g/mol. The summed E-state index contributed by atoms with van der Waals surface area (Å²) in [6.07, 6.45) is 7.30. The highest BCUT2D eigenvalue weighted by Crippen LogP contribution is 2.37. The Morgan fingerprint density at radius 3 is 2.47 bits per heavy atom. The smallest absolute Gasteiger partial charge is 0.0612 e. The van der Waals surface area contributed by atoms with Crippen LogP contribution in [0.25, 0.3) is 0 Å². The van der Waals surface area contributed by atoms with Crippen molar-refractivity contribution in [3.63, 3.8) is 0 Å². The summed E-state index contributed by atoms with van der Waals surface area (Å²) in [4.78, 5) is 0. The summed E-state index contributed by atoms with van der Waals surface area (Å²) in [7, 11) is 0. The lowest BCUT2D eigenvalue weighted by atomic mass is 9.76. The van der Waals surface area contributed by atoms with Crippen molar-refractivity contribution in [2.45, 2.75) is 60.5 Å². The van der Waals surface area contributed by atoms with Gasteiger partial charge in [0.2, 0.25) is 0 Å². The van der Waals surface area contributed by atoms with Crippen LogP contribution in [0.1, 0.15) is 54.4 Å². The average Bonchev–Trinajstić information content (AvgIpc) is 2.21. The number of rotatable bonds is 3. The zero-order valence-corrected chi connectivity index (χ0v) is 12.3. The predicted molar refractivity (Wildman–Crippen MR) is 75.1 cm³/mol. The fourth-order valence-corrected chi connectivity index (χ4v) is 2.46. The number of ether oxygens (including phenoxy) is 1. The van der Waals surface area contributed by atoms with Crippen molar-refractivity contribution in [3.05, 3.63) is 23.3 Å². The molecule has 0 N–H and O–H groups in total. The van der Waals surface area contributed by atoms with E-state index in [1.54, 1.807) is 0 Å². The summed E-state index contributed by atoms with van der Waals surface area (Å²) in [5, 5.41) is 0. The van der Waals surface area contributed by atoms with Gasteiger partial charge in [-0.25, -0.2) is 0 Å². The molecule has 0 radical (unpaired) electrons. The van der Waals surface area contributed by atoms with Crippen molar-refractivity contribution in [1.29, 1.82) is 0 Å².